The maximum atomic E-state index is 12.9. The molecule has 140 valence electrons. The average Bonchev–Trinajstić information content (AvgIpc) is 3.30. The molecule has 0 unspecified atom stereocenters. The third-order valence-electron chi connectivity index (χ3n) is 5.53. The molecule has 0 spiro atoms. The molecule has 4 rings (SSSR count). The van der Waals surface area contributed by atoms with Crippen molar-refractivity contribution in [3.05, 3.63) is 29.1 Å². The number of aliphatic hydroxyl groups is 1. The van der Waals surface area contributed by atoms with E-state index in [0.29, 0.717) is 38.2 Å². The number of likely N-dealkylation sites (N-methyl/N-ethyl adjacent to an activating group) is 1. The topological polar surface area (TPSA) is 92.3 Å². The lowest BCUT2D eigenvalue weighted by Gasteiger charge is -2.29. The molecule has 26 heavy (non-hydrogen) atoms. The molecule has 1 amide bonds. The van der Waals surface area contributed by atoms with E-state index in [-0.39, 0.29) is 18.1 Å². The fourth-order valence-corrected chi connectivity index (χ4v) is 4.02. The fourth-order valence-electron chi connectivity index (χ4n) is 4.02. The van der Waals surface area contributed by atoms with Crippen molar-refractivity contribution in [2.45, 2.75) is 52.0 Å². The van der Waals surface area contributed by atoms with E-state index in [1.807, 2.05) is 30.5 Å². The van der Waals surface area contributed by atoms with E-state index in [0.717, 1.165) is 23.9 Å². The van der Waals surface area contributed by atoms with E-state index < -0.39 is 0 Å². The molecule has 4 heterocycles. The predicted molar refractivity (Wildman–Crippen MR) is 93.4 cm³/mol. The van der Waals surface area contributed by atoms with Crippen LogP contribution in [0.25, 0.3) is 0 Å². The van der Waals surface area contributed by atoms with E-state index in [9.17, 15) is 9.90 Å². The second kappa shape index (κ2) is 6.48. The van der Waals surface area contributed by atoms with E-state index in [4.69, 9.17) is 0 Å². The molecule has 2 aliphatic heterocycles. The first-order valence-corrected chi connectivity index (χ1v) is 9.11. The standard InChI is InChI=1S/C17H25N7O2/c1-4-24-11(2)13(8-18-24)17(26)22-5-6-23-15(10-22)19-20-16(23)14-7-12(25)9-21(14)3/h8,12,14,25H,4-7,9-10H2,1-3H3/t12-,14+/m1/s1. The number of amides is 1. The number of carbonyl (C=O) groups is 1. The largest absolute Gasteiger partial charge is 0.392 e. The Kier molecular flexibility index (Phi) is 4.28. The molecule has 9 heteroatoms. The van der Waals surface area contributed by atoms with Gasteiger partial charge in [-0.05, 0) is 27.3 Å². The number of nitrogens with zero attached hydrogens (tertiary/aromatic N) is 7. The van der Waals surface area contributed by atoms with Gasteiger partial charge in [0.05, 0.1) is 30.5 Å². The summed E-state index contributed by atoms with van der Waals surface area (Å²) >= 11 is 0. The molecule has 9 nitrogen and oxygen atoms in total. The number of hydrogen-bond donors (Lipinski definition) is 1. The van der Waals surface area contributed by atoms with Gasteiger partial charge in [0.2, 0.25) is 0 Å². The lowest BCUT2D eigenvalue weighted by Crippen LogP contribution is -2.39. The van der Waals surface area contributed by atoms with E-state index in [1.165, 1.54) is 0 Å². The summed E-state index contributed by atoms with van der Waals surface area (Å²) in [7, 11) is 2.00. The zero-order chi connectivity index (χ0) is 18.4. The molecule has 1 fully saturated rings. The van der Waals surface area contributed by atoms with Crippen LogP contribution in [0.3, 0.4) is 0 Å². The Balaban J connectivity index is 1.54. The number of likely N-dealkylation sites (tertiary alicyclic amines) is 1. The lowest BCUT2D eigenvalue weighted by molar-refractivity contribution is 0.0704. The van der Waals surface area contributed by atoms with Gasteiger partial charge in [0.1, 0.15) is 0 Å². The van der Waals surface area contributed by atoms with Gasteiger partial charge in [-0.15, -0.1) is 10.2 Å². The highest BCUT2D eigenvalue weighted by Gasteiger charge is 2.35. The predicted octanol–water partition coefficient (Wildman–Crippen LogP) is 0.196. The minimum Gasteiger partial charge on any atom is -0.392 e. The van der Waals surface area contributed by atoms with Crippen LogP contribution in [0.2, 0.25) is 0 Å². The molecule has 0 radical (unpaired) electrons. The van der Waals surface area contributed by atoms with E-state index in [2.05, 4.69) is 24.8 Å². The van der Waals surface area contributed by atoms with Crippen LogP contribution in [0.15, 0.2) is 6.20 Å². The maximum absolute atomic E-state index is 12.9. The summed E-state index contributed by atoms with van der Waals surface area (Å²) in [6.45, 7) is 7.07. The van der Waals surface area contributed by atoms with Gasteiger partial charge in [0.15, 0.2) is 11.6 Å². The van der Waals surface area contributed by atoms with Crippen LogP contribution in [-0.4, -0.2) is 71.6 Å². The first-order chi connectivity index (χ1) is 12.5. The van der Waals surface area contributed by atoms with Gasteiger partial charge >= 0.3 is 0 Å². The fraction of sp³-hybridized carbons (Fsp3) is 0.647. The molecule has 0 bridgehead atoms. The highest BCUT2D eigenvalue weighted by atomic mass is 16.3. The summed E-state index contributed by atoms with van der Waals surface area (Å²) in [6, 6.07) is 0.0820. The first-order valence-electron chi connectivity index (χ1n) is 9.11. The molecule has 0 saturated carbocycles. The van der Waals surface area contributed by atoms with Gasteiger partial charge in [0.25, 0.3) is 5.91 Å². The Hall–Kier alpha value is -2.26. The van der Waals surface area contributed by atoms with Gasteiger partial charge in [-0.2, -0.15) is 5.10 Å². The quantitative estimate of drug-likeness (QED) is 0.841. The summed E-state index contributed by atoms with van der Waals surface area (Å²) in [4.78, 5) is 16.8. The number of aliphatic hydroxyl groups excluding tert-OH is 1. The number of carbonyl (C=O) groups excluding carboxylic acids is 1. The number of aryl methyl sites for hydroxylation is 1. The number of aromatic nitrogens is 5. The molecule has 2 aromatic heterocycles. The Labute approximate surface area is 152 Å². The summed E-state index contributed by atoms with van der Waals surface area (Å²) in [5.41, 5.74) is 1.55. The number of fused-ring (bicyclic) bond motifs is 1. The minimum atomic E-state index is -0.322. The summed E-state index contributed by atoms with van der Waals surface area (Å²) in [5, 5.41) is 22.9. The highest BCUT2D eigenvalue weighted by molar-refractivity contribution is 5.95. The van der Waals surface area contributed by atoms with Crippen molar-refractivity contribution in [3.63, 3.8) is 0 Å². The zero-order valence-electron chi connectivity index (χ0n) is 15.5. The Morgan fingerprint density at radius 1 is 1.35 bits per heavy atom. The minimum absolute atomic E-state index is 0.00796. The lowest BCUT2D eigenvalue weighted by atomic mass is 10.1. The van der Waals surface area contributed by atoms with Gasteiger partial charge in [-0.25, -0.2) is 0 Å². The number of rotatable bonds is 3. The third-order valence-corrected chi connectivity index (χ3v) is 5.53. The highest BCUT2D eigenvalue weighted by Crippen LogP contribution is 2.31. The number of hydrogen-bond acceptors (Lipinski definition) is 6. The smallest absolute Gasteiger partial charge is 0.257 e. The second-order valence-corrected chi connectivity index (χ2v) is 7.16. The van der Waals surface area contributed by atoms with Crippen LogP contribution in [-0.2, 0) is 19.6 Å². The van der Waals surface area contributed by atoms with Crippen molar-refractivity contribution < 1.29 is 9.90 Å². The first kappa shape index (κ1) is 17.2. The molecule has 1 saturated heterocycles. The van der Waals surface area contributed by atoms with Crippen LogP contribution in [0.4, 0.5) is 0 Å². The molecule has 2 atom stereocenters. The Bertz CT molecular complexity index is 827. The molecule has 0 aliphatic carbocycles. The normalized spacial score (nSPS) is 23.5. The van der Waals surface area contributed by atoms with Crippen LogP contribution in [0.1, 0.15) is 47.1 Å². The van der Waals surface area contributed by atoms with Gasteiger partial charge in [-0.3, -0.25) is 14.4 Å². The third kappa shape index (κ3) is 2.71. The van der Waals surface area contributed by atoms with Crippen molar-refractivity contribution in [3.8, 4) is 0 Å². The van der Waals surface area contributed by atoms with Crippen molar-refractivity contribution in [1.82, 2.24) is 34.3 Å². The molecular formula is C17H25N7O2. The molecule has 0 aromatic carbocycles. The van der Waals surface area contributed by atoms with E-state index >= 15 is 0 Å². The Morgan fingerprint density at radius 2 is 2.15 bits per heavy atom. The van der Waals surface area contributed by atoms with Gasteiger partial charge in [-0.1, -0.05) is 0 Å². The Morgan fingerprint density at radius 3 is 2.81 bits per heavy atom. The molecule has 2 aromatic rings. The van der Waals surface area contributed by atoms with Gasteiger partial charge < -0.3 is 14.6 Å². The van der Waals surface area contributed by atoms with Crippen molar-refractivity contribution >= 4 is 5.91 Å². The van der Waals surface area contributed by atoms with Crippen LogP contribution < -0.4 is 0 Å². The second-order valence-electron chi connectivity index (χ2n) is 7.16. The van der Waals surface area contributed by atoms with Crippen molar-refractivity contribution in [2.24, 2.45) is 0 Å². The van der Waals surface area contributed by atoms with E-state index in [1.54, 1.807) is 6.20 Å². The maximum Gasteiger partial charge on any atom is 0.257 e. The van der Waals surface area contributed by atoms with Gasteiger partial charge in [0, 0.05) is 31.9 Å². The number of β-amino-alcohol motifs (C(OH)–C–C–N with tert-alkyl or cyclic N) is 1. The van der Waals surface area contributed by atoms with Crippen molar-refractivity contribution in [1.29, 1.82) is 0 Å². The molecule has 2 aliphatic rings. The summed E-state index contributed by atoms with van der Waals surface area (Å²) < 4.78 is 3.93. The molecular weight excluding hydrogens is 334 g/mol. The summed E-state index contributed by atoms with van der Waals surface area (Å²) in [5.74, 6) is 1.68. The average molecular weight is 359 g/mol. The monoisotopic (exact) mass is 359 g/mol. The SMILES string of the molecule is CCn1ncc(C(=O)N2CCn3c(nnc3[C@@H]3C[C@@H](O)CN3C)C2)c1C. The van der Waals surface area contributed by atoms with Crippen LogP contribution >= 0.6 is 0 Å². The van der Waals surface area contributed by atoms with Crippen LogP contribution in [0.5, 0.6) is 0 Å². The van der Waals surface area contributed by atoms with Crippen molar-refractivity contribution in [2.75, 3.05) is 20.1 Å². The molecule has 1 N–H and O–H groups in total. The summed E-state index contributed by atoms with van der Waals surface area (Å²) in [6.07, 6.45) is 2.01. The van der Waals surface area contributed by atoms with Crippen LogP contribution in [0, 0.1) is 6.92 Å². The zero-order valence-corrected chi connectivity index (χ0v) is 15.5.